The second-order valence-corrected chi connectivity index (χ2v) is 7.48. The molecule has 1 saturated carbocycles. The number of benzene rings is 1. The van der Waals surface area contributed by atoms with E-state index in [1.54, 1.807) is 0 Å². The Morgan fingerprint density at radius 3 is 2.77 bits per heavy atom. The van der Waals surface area contributed by atoms with Crippen LogP contribution in [-0.4, -0.2) is 38.6 Å². The van der Waals surface area contributed by atoms with Crippen molar-refractivity contribution >= 4 is 11.0 Å². The molecule has 0 atom stereocenters. The smallest absolute Gasteiger partial charge is 0.219 e. The van der Waals surface area contributed by atoms with Crippen LogP contribution >= 0.6 is 0 Å². The van der Waals surface area contributed by atoms with E-state index < -0.39 is 0 Å². The molecular formula is C21H24N4O. The highest BCUT2D eigenvalue weighted by Gasteiger charge is 2.27. The first-order valence-electron chi connectivity index (χ1n) is 9.60. The maximum absolute atomic E-state index is 5.90. The third-order valence-corrected chi connectivity index (χ3v) is 5.73. The summed E-state index contributed by atoms with van der Waals surface area (Å²) in [6, 6.07) is 10.9. The lowest BCUT2D eigenvalue weighted by molar-refractivity contribution is 0.130. The highest BCUT2D eigenvalue weighted by Crippen LogP contribution is 2.29. The van der Waals surface area contributed by atoms with E-state index in [0.717, 1.165) is 48.9 Å². The molecule has 5 nitrogen and oxygen atoms in total. The van der Waals surface area contributed by atoms with Gasteiger partial charge in [-0.2, -0.15) is 0 Å². The van der Waals surface area contributed by atoms with Crippen molar-refractivity contribution in [2.45, 2.75) is 45.2 Å². The summed E-state index contributed by atoms with van der Waals surface area (Å²) in [6.07, 6.45) is 6.99. The largest absolute Gasteiger partial charge is 0.439 e. The van der Waals surface area contributed by atoms with Gasteiger partial charge < -0.3 is 9.30 Å². The fourth-order valence-electron chi connectivity index (χ4n) is 4.00. The molecule has 0 bridgehead atoms. The van der Waals surface area contributed by atoms with E-state index >= 15 is 0 Å². The summed E-state index contributed by atoms with van der Waals surface area (Å²) in [5, 5.41) is 0. The number of aryl methyl sites for hydroxylation is 1. The van der Waals surface area contributed by atoms with Crippen molar-refractivity contribution in [1.29, 1.82) is 0 Å². The SMILES string of the molecule is Cc1ccc(Oc2ccc3c(c2)nc2n3CCN(C3CCC3)CC2)nc1. The van der Waals surface area contributed by atoms with Gasteiger partial charge in [-0.3, -0.25) is 4.90 Å². The summed E-state index contributed by atoms with van der Waals surface area (Å²) in [5.41, 5.74) is 3.35. The molecule has 5 rings (SSSR count). The number of imidazole rings is 1. The van der Waals surface area contributed by atoms with Crippen molar-refractivity contribution in [3.8, 4) is 11.6 Å². The number of hydrogen-bond donors (Lipinski definition) is 0. The molecule has 1 aliphatic carbocycles. The Bertz CT molecular complexity index is 927. The Kier molecular flexibility index (Phi) is 3.89. The van der Waals surface area contributed by atoms with Gasteiger partial charge in [-0.15, -0.1) is 0 Å². The molecule has 134 valence electrons. The number of nitrogens with zero attached hydrogens (tertiary/aromatic N) is 4. The van der Waals surface area contributed by atoms with E-state index in [2.05, 4.69) is 20.5 Å². The molecule has 3 aromatic rings. The Morgan fingerprint density at radius 1 is 1.08 bits per heavy atom. The molecule has 26 heavy (non-hydrogen) atoms. The van der Waals surface area contributed by atoms with Crippen LogP contribution in [0, 0.1) is 6.92 Å². The first kappa shape index (κ1) is 15.8. The Morgan fingerprint density at radius 2 is 2.00 bits per heavy atom. The summed E-state index contributed by atoms with van der Waals surface area (Å²) >= 11 is 0. The first-order chi connectivity index (χ1) is 12.8. The summed E-state index contributed by atoms with van der Waals surface area (Å²) in [4.78, 5) is 11.9. The second kappa shape index (κ2) is 6.40. The minimum atomic E-state index is 0.617. The van der Waals surface area contributed by atoms with Crippen LogP contribution in [-0.2, 0) is 13.0 Å². The van der Waals surface area contributed by atoms with E-state index in [9.17, 15) is 0 Å². The average Bonchev–Trinajstić information content (AvgIpc) is 2.82. The standard InChI is InChI=1S/C21H24N4O/c1-15-5-8-21(22-14-15)26-17-6-7-19-18(13-17)23-20-9-10-24(11-12-25(19)20)16-3-2-4-16/h5-8,13-14,16H,2-4,9-12H2,1H3. The molecule has 0 N–H and O–H groups in total. The molecule has 0 radical (unpaired) electrons. The topological polar surface area (TPSA) is 43.2 Å². The van der Waals surface area contributed by atoms with Crippen molar-refractivity contribution in [2.24, 2.45) is 0 Å². The quantitative estimate of drug-likeness (QED) is 0.719. The predicted octanol–water partition coefficient (Wildman–Crippen LogP) is 3.94. The molecule has 0 unspecified atom stereocenters. The maximum atomic E-state index is 5.90. The van der Waals surface area contributed by atoms with Crippen molar-refractivity contribution in [1.82, 2.24) is 19.4 Å². The lowest BCUT2D eigenvalue weighted by Gasteiger charge is -2.36. The van der Waals surface area contributed by atoms with Crippen molar-refractivity contribution in [3.05, 3.63) is 47.9 Å². The number of pyridine rings is 1. The van der Waals surface area contributed by atoms with Crippen molar-refractivity contribution in [3.63, 3.8) is 0 Å². The number of hydrogen-bond acceptors (Lipinski definition) is 4. The zero-order valence-electron chi connectivity index (χ0n) is 15.2. The zero-order valence-corrected chi connectivity index (χ0v) is 15.2. The molecule has 2 aromatic heterocycles. The van der Waals surface area contributed by atoms with Crippen LogP contribution in [0.3, 0.4) is 0 Å². The lowest BCUT2D eigenvalue weighted by Crippen LogP contribution is -2.41. The number of aromatic nitrogens is 3. The van der Waals surface area contributed by atoms with Crippen LogP contribution in [0.25, 0.3) is 11.0 Å². The van der Waals surface area contributed by atoms with Gasteiger partial charge in [0.05, 0.1) is 11.0 Å². The Hall–Kier alpha value is -2.40. The molecule has 0 spiro atoms. The fourth-order valence-corrected chi connectivity index (χ4v) is 4.00. The monoisotopic (exact) mass is 348 g/mol. The number of ether oxygens (including phenoxy) is 1. The van der Waals surface area contributed by atoms with Gasteiger partial charge in [-0.05, 0) is 37.5 Å². The number of rotatable bonds is 3. The summed E-state index contributed by atoms with van der Waals surface area (Å²) < 4.78 is 8.29. The average molecular weight is 348 g/mol. The first-order valence-corrected chi connectivity index (χ1v) is 9.60. The third-order valence-electron chi connectivity index (χ3n) is 5.73. The predicted molar refractivity (Wildman–Crippen MR) is 102 cm³/mol. The van der Waals surface area contributed by atoms with Crippen LogP contribution in [0.1, 0.15) is 30.7 Å². The van der Waals surface area contributed by atoms with Gasteiger partial charge >= 0.3 is 0 Å². The molecular weight excluding hydrogens is 324 g/mol. The van der Waals surface area contributed by atoms with Crippen LogP contribution in [0.15, 0.2) is 36.5 Å². The summed E-state index contributed by atoms with van der Waals surface area (Å²) in [7, 11) is 0. The van der Waals surface area contributed by atoms with Gasteiger partial charge in [-0.25, -0.2) is 9.97 Å². The molecule has 5 heteroatoms. The van der Waals surface area contributed by atoms with Crippen molar-refractivity contribution < 1.29 is 4.74 Å². The van der Waals surface area contributed by atoms with E-state index in [0.29, 0.717) is 5.88 Å². The van der Waals surface area contributed by atoms with E-state index in [-0.39, 0.29) is 0 Å². The molecule has 1 fully saturated rings. The highest BCUT2D eigenvalue weighted by molar-refractivity contribution is 5.78. The molecule has 2 aliphatic rings. The minimum absolute atomic E-state index is 0.617. The van der Waals surface area contributed by atoms with Gasteiger partial charge in [-0.1, -0.05) is 12.5 Å². The zero-order chi connectivity index (χ0) is 17.5. The Labute approximate surface area is 153 Å². The van der Waals surface area contributed by atoms with Crippen LogP contribution in [0.2, 0.25) is 0 Å². The molecule has 1 aliphatic heterocycles. The van der Waals surface area contributed by atoms with Crippen molar-refractivity contribution in [2.75, 3.05) is 13.1 Å². The lowest BCUT2D eigenvalue weighted by atomic mass is 9.91. The highest BCUT2D eigenvalue weighted by atomic mass is 16.5. The fraction of sp³-hybridized carbons (Fsp3) is 0.429. The molecule has 0 amide bonds. The van der Waals surface area contributed by atoms with E-state index in [1.165, 1.54) is 30.6 Å². The van der Waals surface area contributed by atoms with E-state index in [4.69, 9.17) is 9.72 Å². The second-order valence-electron chi connectivity index (χ2n) is 7.48. The van der Waals surface area contributed by atoms with Gasteiger partial charge in [0.25, 0.3) is 0 Å². The molecule has 3 heterocycles. The van der Waals surface area contributed by atoms with Crippen LogP contribution in [0.4, 0.5) is 0 Å². The third kappa shape index (κ3) is 2.86. The summed E-state index contributed by atoms with van der Waals surface area (Å²) in [6.45, 7) is 5.31. The van der Waals surface area contributed by atoms with Gasteiger partial charge in [0.1, 0.15) is 11.6 Å². The van der Waals surface area contributed by atoms with Gasteiger partial charge in [0.2, 0.25) is 5.88 Å². The normalized spacial score (nSPS) is 18.3. The van der Waals surface area contributed by atoms with Gasteiger partial charge in [0, 0.05) is 50.4 Å². The maximum Gasteiger partial charge on any atom is 0.219 e. The Balaban J connectivity index is 1.38. The number of fused-ring (bicyclic) bond motifs is 3. The molecule has 1 aromatic carbocycles. The van der Waals surface area contributed by atoms with E-state index in [1.807, 2.05) is 37.4 Å². The van der Waals surface area contributed by atoms with Crippen LogP contribution < -0.4 is 4.74 Å². The minimum Gasteiger partial charge on any atom is -0.439 e. The van der Waals surface area contributed by atoms with Crippen LogP contribution in [0.5, 0.6) is 11.6 Å². The molecule has 0 saturated heterocycles. The van der Waals surface area contributed by atoms with Gasteiger partial charge in [0.15, 0.2) is 0 Å². The summed E-state index contributed by atoms with van der Waals surface area (Å²) in [5.74, 6) is 2.61.